The maximum Gasteiger partial charge on any atom is 0.223 e. The van der Waals surface area contributed by atoms with Crippen LogP contribution >= 0.6 is 23.2 Å². The number of carbonyl (C=O) groups excluding carboxylic acids is 1. The second-order valence-electron chi connectivity index (χ2n) is 6.15. The fraction of sp³-hybridized carbons (Fsp3) is 0.353. The molecule has 0 aliphatic carbocycles. The quantitative estimate of drug-likeness (QED) is 0.618. The summed E-state index contributed by atoms with van der Waals surface area (Å²) in [7, 11) is 0. The van der Waals surface area contributed by atoms with Gasteiger partial charge in [-0.15, -0.1) is 16.7 Å². The third kappa shape index (κ3) is 3.54. The monoisotopic (exact) mass is 405 g/mol. The lowest BCUT2D eigenvalue weighted by Gasteiger charge is -2.35. The molecule has 1 aliphatic heterocycles. The van der Waals surface area contributed by atoms with Gasteiger partial charge in [-0.05, 0) is 24.3 Å². The van der Waals surface area contributed by atoms with Crippen molar-refractivity contribution in [3.8, 4) is 5.69 Å². The molecule has 0 N–H and O–H groups in total. The Morgan fingerprint density at radius 1 is 1.07 bits per heavy atom. The summed E-state index contributed by atoms with van der Waals surface area (Å²) in [5, 5.41) is 9.18. The molecule has 8 nitrogen and oxygen atoms in total. The third-order valence-electron chi connectivity index (χ3n) is 4.53. The van der Waals surface area contributed by atoms with E-state index in [1.54, 1.807) is 16.8 Å². The molecule has 0 saturated carbocycles. The fourth-order valence-electron chi connectivity index (χ4n) is 3.13. The summed E-state index contributed by atoms with van der Waals surface area (Å²) in [6.45, 7) is 2.61. The van der Waals surface area contributed by atoms with E-state index < -0.39 is 0 Å². The molecule has 0 radical (unpaired) electrons. The number of nitrogens with zero attached hydrogens (tertiary/aromatic N) is 7. The summed E-state index contributed by atoms with van der Waals surface area (Å²) in [6.07, 6.45) is 1.88. The smallest absolute Gasteiger partial charge is 0.223 e. The molecule has 0 bridgehead atoms. The van der Waals surface area contributed by atoms with Crippen molar-refractivity contribution in [3.63, 3.8) is 0 Å². The summed E-state index contributed by atoms with van der Waals surface area (Å²) in [5.41, 5.74) is 2.08. The normalized spacial score (nSPS) is 14.7. The zero-order valence-electron chi connectivity index (χ0n) is 14.4. The van der Waals surface area contributed by atoms with Gasteiger partial charge in [0.1, 0.15) is 6.33 Å². The Kier molecular flexibility index (Phi) is 5.09. The number of rotatable bonds is 4. The van der Waals surface area contributed by atoms with Gasteiger partial charge in [-0.2, -0.15) is 4.68 Å². The van der Waals surface area contributed by atoms with Gasteiger partial charge in [-0.25, -0.2) is 9.97 Å². The predicted molar refractivity (Wildman–Crippen MR) is 104 cm³/mol. The summed E-state index contributed by atoms with van der Waals surface area (Å²) in [5.74, 6) is 1.16. The van der Waals surface area contributed by atoms with Crippen molar-refractivity contribution < 1.29 is 4.79 Å². The van der Waals surface area contributed by atoms with Crippen molar-refractivity contribution >= 4 is 46.1 Å². The van der Waals surface area contributed by atoms with Crippen molar-refractivity contribution in [1.29, 1.82) is 0 Å². The van der Waals surface area contributed by atoms with Crippen molar-refractivity contribution in [3.05, 3.63) is 35.6 Å². The van der Waals surface area contributed by atoms with Gasteiger partial charge >= 0.3 is 0 Å². The molecule has 3 aromatic rings. The van der Waals surface area contributed by atoms with E-state index in [1.807, 2.05) is 17.0 Å². The minimum atomic E-state index is 0.0890. The van der Waals surface area contributed by atoms with Crippen LogP contribution in [-0.2, 0) is 4.79 Å². The van der Waals surface area contributed by atoms with E-state index in [0.29, 0.717) is 54.7 Å². The minimum Gasteiger partial charge on any atom is -0.351 e. The summed E-state index contributed by atoms with van der Waals surface area (Å²) < 4.78 is 1.66. The van der Waals surface area contributed by atoms with Crippen LogP contribution in [0, 0.1) is 0 Å². The molecule has 4 rings (SSSR count). The van der Waals surface area contributed by atoms with Crippen molar-refractivity contribution in [2.45, 2.75) is 6.42 Å². The van der Waals surface area contributed by atoms with Crippen LogP contribution in [-0.4, -0.2) is 67.8 Å². The lowest BCUT2D eigenvalue weighted by Crippen LogP contribution is -2.49. The lowest BCUT2D eigenvalue weighted by molar-refractivity contribution is -0.131. The molecular weight excluding hydrogens is 389 g/mol. The molecule has 0 unspecified atom stereocenters. The van der Waals surface area contributed by atoms with Crippen LogP contribution in [0.15, 0.2) is 30.6 Å². The molecular formula is C17H17Cl2N7O. The first-order valence-electron chi connectivity index (χ1n) is 8.58. The zero-order chi connectivity index (χ0) is 18.8. The van der Waals surface area contributed by atoms with Crippen LogP contribution in [0.25, 0.3) is 16.9 Å². The van der Waals surface area contributed by atoms with Gasteiger partial charge in [0.05, 0.1) is 5.69 Å². The van der Waals surface area contributed by atoms with E-state index in [4.69, 9.17) is 23.2 Å². The number of aromatic nitrogens is 5. The Hall–Kier alpha value is -2.45. The zero-order valence-corrected chi connectivity index (χ0v) is 15.9. The lowest BCUT2D eigenvalue weighted by atomic mass is 10.2. The molecule has 1 amide bonds. The molecule has 10 heteroatoms. The average molecular weight is 406 g/mol. The van der Waals surface area contributed by atoms with Crippen molar-refractivity contribution in [2.75, 3.05) is 37.0 Å². The first-order valence-corrected chi connectivity index (χ1v) is 9.49. The second-order valence-corrected chi connectivity index (χ2v) is 6.97. The van der Waals surface area contributed by atoms with Gasteiger partial charge in [0, 0.05) is 43.5 Å². The van der Waals surface area contributed by atoms with Gasteiger partial charge < -0.3 is 9.80 Å². The van der Waals surface area contributed by atoms with E-state index in [0.717, 1.165) is 11.5 Å². The largest absolute Gasteiger partial charge is 0.351 e. The number of hydrogen-bond acceptors (Lipinski definition) is 6. The number of fused-ring (bicyclic) bond motifs is 1. The predicted octanol–water partition coefficient (Wildman–Crippen LogP) is 2.14. The molecule has 0 atom stereocenters. The maximum atomic E-state index is 12.0. The number of hydrogen-bond donors (Lipinski definition) is 0. The Bertz CT molecular complexity index is 952. The average Bonchev–Trinajstić information content (AvgIpc) is 3.13. The number of benzene rings is 1. The first-order chi connectivity index (χ1) is 13.2. The van der Waals surface area contributed by atoms with Crippen molar-refractivity contribution in [1.82, 2.24) is 29.9 Å². The van der Waals surface area contributed by atoms with E-state index in [1.165, 1.54) is 6.33 Å². The van der Waals surface area contributed by atoms with Crippen LogP contribution in [0.2, 0.25) is 5.02 Å². The van der Waals surface area contributed by atoms with Gasteiger partial charge in [0.2, 0.25) is 5.91 Å². The molecule has 2 aromatic heterocycles. The van der Waals surface area contributed by atoms with Crippen LogP contribution in [0.5, 0.6) is 0 Å². The number of amides is 1. The Labute approximate surface area is 165 Å². The highest BCUT2D eigenvalue weighted by Crippen LogP contribution is 2.24. The summed E-state index contributed by atoms with van der Waals surface area (Å²) in [4.78, 5) is 24.7. The van der Waals surface area contributed by atoms with Crippen molar-refractivity contribution in [2.24, 2.45) is 0 Å². The Balaban J connectivity index is 1.59. The van der Waals surface area contributed by atoms with Gasteiger partial charge in [-0.1, -0.05) is 16.8 Å². The van der Waals surface area contributed by atoms with Gasteiger partial charge in [0.25, 0.3) is 0 Å². The minimum absolute atomic E-state index is 0.0890. The van der Waals surface area contributed by atoms with E-state index in [9.17, 15) is 4.79 Å². The third-order valence-corrected chi connectivity index (χ3v) is 4.97. The highest BCUT2D eigenvalue weighted by atomic mass is 35.5. The topological polar surface area (TPSA) is 80.0 Å². The van der Waals surface area contributed by atoms with Crippen LogP contribution in [0.4, 0.5) is 5.82 Å². The molecule has 1 fully saturated rings. The molecule has 3 heterocycles. The van der Waals surface area contributed by atoms with Crippen LogP contribution in [0.1, 0.15) is 6.42 Å². The SMILES string of the molecule is O=C(CCCl)N1CCN(c2ncnc3c2nnn3-c2ccc(Cl)cc2)CC1. The van der Waals surface area contributed by atoms with E-state index in [-0.39, 0.29) is 5.91 Å². The highest BCUT2D eigenvalue weighted by Gasteiger charge is 2.24. The summed E-state index contributed by atoms with van der Waals surface area (Å²) in [6, 6.07) is 7.31. The standard InChI is InChI=1S/C17H17Cl2N7O/c18-6-5-14(27)24-7-9-25(10-8-24)16-15-17(21-11-20-16)26(23-22-15)13-3-1-12(19)2-4-13/h1-4,11H,5-10H2. The van der Waals surface area contributed by atoms with Crippen LogP contribution in [0.3, 0.4) is 0 Å². The number of halogens is 2. The van der Waals surface area contributed by atoms with E-state index >= 15 is 0 Å². The van der Waals surface area contributed by atoms with Gasteiger partial charge in [-0.3, -0.25) is 4.79 Å². The summed E-state index contributed by atoms with van der Waals surface area (Å²) >= 11 is 11.6. The molecule has 140 valence electrons. The molecule has 27 heavy (non-hydrogen) atoms. The number of carbonyl (C=O) groups is 1. The molecule has 1 aromatic carbocycles. The number of anilines is 1. The van der Waals surface area contributed by atoms with Gasteiger partial charge in [0.15, 0.2) is 17.0 Å². The Morgan fingerprint density at radius 3 is 2.52 bits per heavy atom. The van der Waals surface area contributed by atoms with E-state index in [2.05, 4.69) is 25.2 Å². The van der Waals surface area contributed by atoms with Crippen LogP contribution < -0.4 is 4.90 Å². The first kappa shape index (κ1) is 17.9. The highest BCUT2D eigenvalue weighted by molar-refractivity contribution is 6.30. The molecule has 0 spiro atoms. The fourth-order valence-corrected chi connectivity index (χ4v) is 3.42. The molecule has 1 saturated heterocycles. The Morgan fingerprint density at radius 2 is 1.81 bits per heavy atom. The maximum absolute atomic E-state index is 12.0. The number of alkyl halides is 1. The molecule has 1 aliphatic rings. The second kappa shape index (κ2) is 7.66. The number of piperazine rings is 1.